The van der Waals surface area contributed by atoms with Gasteiger partial charge in [-0.2, -0.15) is 0 Å². The van der Waals surface area contributed by atoms with Crippen LogP contribution in [0.25, 0.3) is 76.9 Å². The molecule has 2 nitrogen and oxygen atoms in total. The van der Waals surface area contributed by atoms with Gasteiger partial charge in [0.15, 0.2) is 5.58 Å². The molecule has 0 aliphatic heterocycles. The van der Waals surface area contributed by atoms with Gasteiger partial charge in [0.25, 0.3) is 0 Å². The maximum atomic E-state index is 9.22. The predicted octanol–water partition coefficient (Wildman–Crippen LogP) is 15.6. The van der Waals surface area contributed by atoms with Crippen LogP contribution in [-0.2, 0) is 10.8 Å². The molecule has 58 heavy (non-hydrogen) atoms. The Hall–Kier alpha value is -6.90. The molecule has 0 unspecified atom stereocenters. The summed E-state index contributed by atoms with van der Waals surface area (Å²) in [5.74, 6) is 0. The minimum Gasteiger partial charge on any atom is -0.453 e. The maximum absolute atomic E-state index is 9.22. The van der Waals surface area contributed by atoms with E-state index in [4.69, 9.17) is 8.53 Å². The van der Waals surface area contributed by atoms with Crippen molar-refractivity contribution >= 4 is 60.5 Å². The number of hydrogen-bond donors (Lipinski definition) is 0. The van der Waals surface area contributed by atoms with E-state index < -0.39 is 6.04 Å². The number of fused-ring (bicyclic) bond motifs is 14. The zero-order valence-electron chi connectivity index (χ0n) is 37.7. The summed E-state index contributed by atoms with van der Waals surface area (Å²) >= 11 is 0. The molecule has 9 aromatic carbocycles. The summed E-state index contributed by atoms with van der Waals surface area (Å²) in [4.78, 5) is 2.26. The molecule has 0 fully saturated rings. The molecule has 10 aromatic rings. The normalized spacial score (nSPS) is 15.7. The fraction of sp³-hybridized carbons (Fsp3) is 0.107. The molecule has 276 valence electrons. The Kier molecular flexibility index (Phi) is 5.80. The number of nitrogens with zero attached hydrogens (tertiary/aromatic N) is 1. The van der Waals surface area contributed by atoms with Crippen LogP contribution >= 0.6 is 0 Å². The first-order chi connectivity index (χ1) is 30.4. The molecule has 1 aromatic heterocycles. The molecule has 0 N–H and O–H groups in total. The Bertz CT molecular complexity index is 3520. The summed E-state index contributed by atoms with van der Waals surface area (Å²) in [7, 11) is 0. The van der Waals surface area contributed by atoms with Gasteiger partial charge >= 0.3 is 0 Å². The lowest BCUT2D eigenvalue weighted by atomic mass is 9.82. The van der Waals surface area contributed by atoms with Gasteiger partial charge in [0.1, 0.15) is 5.58 Å². The second kappa shape index (κ2) is 11.8. The number of benzene rings is 9. The maximum Gasteiger partial charge on any atom is 0.159 e. The summed E-state index contributed by atoms with van der Waals surface area (Å²) in [5.41, 5.74) is 13.8. The van der Waals surface area contributed by atoms with E-state index in [-0.39, 0.29) is 40.6 Å². The number of rotatable bonds is 4. The lowest BCUT2D eigenvalue weighted by Gasteiger charge is -2.30. The van der Waals surface area contributed by atoms with Gasteiger partial charge in [-0.3, -0.25) is 0 Å². The number of furan rings is 1. The van der Waals surface area contributed by atoms with Crippen LogP contribution in [0, 0.1) is 0 Å². The summed E-state index contributed by atoms with van der Waals surface area (Å²) in [6.45, 7) is 9.14. The minimum absolute atomic E-state index is 0.139. The molecule has 0 saturated carbocycles. The van der Waals surface area contributed by atoms with Crippen molar-refractivity contribution < 1.29 is 11.3 Å². The lowest BCUT2D eigenvalue weighted by molar-refractivity contribution is 0.660. The highest BCUT2D eigenvalue weighted by Crippen LogP contribution is 2.55. The smallest absolute Gasteiger partial charge is 0.159 e. The highest BCUT2D eigenvalue weighted by molar-refractivity contribution is 6.31. The van der Waals surface area contributed by atoms with Crippen molar-refractivity contribution in [1.82, 2.24) is 0 Å². The molecule has 2 heteroatoms. The van der Waals surface area contributed by atoms with E-state index in [2.05, 4.69) is 148 Å². The molecular weight excluding hydrogens is 703 g/mol. The summed E-state index contributed by atoms with van der Waals surface area (Å²) in [6.07, 6.45) is 0. The van der Waals surface area contributed by atoms with Crippen LogP contribution < -0.4 is 4.90 Å². The Labute approximate surface area is 345 Å². The summed E-state index contributed by atoms with van der Waals surface area (Å²) in [5, 5.41) is 5.83. The number of hydrogen-bond acceptors (Lipinski definition) is 2. The molecule has 2 aliphatic carbocycles. The second-order valence-electron chi connectivity index (χ2n) is 16.9. The van der Waals surface area contributed by atoms with E-state index in [1.54, 1.807) is 0 Å². The third-order valence-electron chi connectivity index (χ3n) is 13.1. The van der Waals surface area contributed by atoms with E-state index in [1.165, 1.54) is 44.5 Å². The third kappa shape index (κ3) is 4.49. The van der Waals surface area contributed by atoms with Gasteiger partial charge in [-0.15, -0.1) is 0 Å². The molecule has 0 radical (unpaired) electrons. The highest BCUT2D eigenvalue weighted by atomic mass is 16.3. The van der Waals surface area contributed by atoms with Gasteiger partial charge in [0, 0.05) is 38.4 Å². The predicted molar refractivity (Wildman–Crippen MR) is 244 cm³/mol. The number of anilines is 3. The SMILES string of the molecule is [2H]c1c([2H])c([2H])c(-c2cc(N(c3ccc4c(c3)C(C)(C)c3ccccc3-4)c3ccc4c(c3)C(C)(C)c3ccccc3-4)c3oc4c5ccccc5c5ccccc5c4c3c2)c([2H])c1[2H]. The van der Waals surface area contributed by atoms with Gasteiger partial charge in [-0.05, 0) is 108 Å². The van der Waals surface area contributed by atoms with Crippen molar-refractivity contribution in [2.45, 2.75) is 38.5 Å². The summed E-state index contributed by atoms with van der Waals surface area (Å²) < 4.78 is 51.7. The first-order valence-electron chi connectivity index (χ1n) is 22.5. The van der Waals surface area contributed by atoms with Crippen molar-refractivity contribution in [2.75, 3.05) is 4.90 Å². The van der Waals surface area contributed by atoms with Crippen LogP contribution in [0.15, 0.2) is 180 Å². The van der Waals surface area contributed by atoms with E-state index in [0.717, 1.165) is 49.3 Å². The Morgan fingerprint density at radius 3 is 1.53 bits per heavy atom. The van der Waals surface area contributed by atoms with Crippen LogP contribution in [0.1, 0.15) is 56.8 Å². The molecule has 0 spiro atoms. The monoisotopic (exact) mass is 748 g/mol. The van der Waals surface area contributed by atoms with E-state index in [9.17, 15) is 2.74 Å². The Morgan fingerprint density at radius 1 is 0.431 bits per heavy atom. The van der Waals surface area contributed by atoms with Gasteiger partial charge in [-0.25, -0.2) is 0 Å². The van der Waals surface area contributed by atoms with Gasteiger partial charge in [0.05, 0.1) is 12.5 Å². The average molecular weight is 749 g/mol. The molecular formula is C56H41NO. The van der Waals surface area contributed by atoms with Gasteiger partial charge < -0.3 is 9.32 Å². The van der Waals surface area contributed by atoms with Gasteiger partial charge in [0.2, 0.25) is 0 Å². The van der Waals surface area contributed by atoms with Crippen LogP contribution in [0.3, 0.4) is 0 Å². The topological polar surface area (TPSA) is 16.4 Å². The first kappa shape index (κ1) is 28.5. The van der Waals surface area contributed by atoms with Crippen LogP contribution in [-0.4, -0.2) is 0 Å². The van der Waals surface area contributed by atoms with Crippen LogP contribution in [0.2, 0.25) is 0 Å². The van der Waals surface area contributed by atoms with Crippen molar-refractivity contribution in [2.24, 2.45) is 0 Å². The lowest BCUT2D eigenvalue weighted by Crippen LogP contribution is -2.18. The van der Waals surface area contributed by atoms with Gasteiger partial charge in [-0.1, -0.05) is 167 Å². The van der Waals surface area contributed by atoms with E-state index in [1.807, 2.05) is 30.3 Å². The highest BCUT2D eigenvalue weighted by Gasteiger charge is 2.38. The largest absolute Gasteiger partial charge is 0.453 e. The van der Waals surface area contributed by atoms with E-state index in [0.29, 0.717) is 16.8 Å². The second-order valence-corrected chi connectivity index (χ2v) is 16.9. The zero-order valence-corrected chi connectivity index (χ0v) is 32.7. The molecule has 2 aliphatic rings. The van der Waals surface area contributed by atoms with Crippen molar-refractivity contribution in [3.8, 4) is 33.4 Å². The van der Waals surface area contributed by atoms with Crippen LogP contribution in [0.5, 0.6) is 0 Å². The van der Waals surface area contributed by atoms with Crippen molar-refractivity contribution in [1.29, 1.82) is 0 Å². The van der Waals surface area contributed by atoms with Crippen LogP contribution in [0.4, 0.5) is 17.1 Å². The Morgan fingerprint density at radius 2 is 0.931 bits per heavy atom. The average Bonchev–Trinajstić information content (AvgIpc) is 3.88. The first-order valence-corrected chi connectivity index (χ1v) is 20.0. The summed E-state index contributed by atoms with van der Waals surface area (Å²) in [6, 6.07) is 49.6. The third-order valence-corrected chi connectivity index (χ3v) is 13.1. The molecule has 0 atom stereocenters. The molecule has 0 amide bonds. The Balaban J connectivity index is 1.23. The van der Waals surface area contributed by atoms with Crippen molar-refractivity contribution in [3.63, 3.8) is 0 Å². The van der Waals surface area contributed by atoms with Crippen molar-refractivity contribution in [3.05, 3.63) is 198 Å². The quantitative estimate of drug-likeness (QED) is 0.167. The molecule has 1 heterocycles. The standard InChI is InChI=1S/C56H41NO/c1-55(2)47-24-14-12-20-40(47)42-28-26-36(32-49(42)55)57(37-27-29-43-41-21-13-15-25-48(41)56(3,4)50(43)33-37)51-31-35(34-16-6-5-7-17-34)30-46-52-44-22-10-8-18-38(44)39-19-9-11-23-45(39)54(52)58-53(46)51/h5-33H,1-4H3/i5D,6D,7D,16D,17D. The fourth-order valence-electron chi connectivity index (χ4n) is 10.3. The minimum atomic E-state index is -0.425. The molecule has 0 saturated heterocycles. The zero-order chi connectivity index (χ0) is 43.3. The van der Waals surface area contributed by atoms with E-state index >= 15 is 0 Å². The molecule has 12 rings (SSSR count). The molecule has 0 bridgehead atoms. The fourth-order valence-corrected chi connectivity index (χ4v) is 10.3.